The minimum atomic E-state index is -3.67. The average molecular weight is 642 g/mol. The van der Waals surface area contributed by atoms with Gasteiger partial charge in [0.05, 0.1) is 11.9 Å². The van der Waals surface area contributed by atoms with Gasteiger partial charge in [0, 0.05) is 43.1 Å². The van der Waals surface area contributed by atoms with Crippen LogP contribution in [0.25, 0.3) is 0 Å². The van der Waals surface area contributed by atoms with Gasteiger partial charge in [-0.05, 0) is 55.2 Å². The monoisotopic (exact) mass is 641 g/mol. The predicted octanol–water partition coefficient (Wildman–Crippen LogP) is 5.21. The molecule has 0 saturated heterocycles. The summed E-state index contributed by atoms with van der Waals surface area (Å²) in [5.74, 6) is 0.542. The molecule has 0 radical (unpaired) electrons. The number of carbonyl (C=O) groups excluding carboxylic acids is 2. The van der Waals surface area contributed by atoms with E-state index in [0.717, 1.165) is 23.8 Å². The van der Waals surface area contributed by atoms with E-state index in [2.05, 4.69) is 5.32 Å². The highest BCUT2D eigenvalue weighted by atomic mass is 35.5. The average Bonchev–Trinajstić information content (AvgIpc) is 3.01. The molecule has 0 saturated carbocycles. The van der Waals surface area contributed by atoms with Gasteiger partial charge in [-0.2, -0.15) is 0 Å². The summed E-state index contributed by atoms with van der Waals surface area (Å²) >= 11 is 6.12. The smallest absolute Gasteiger partial charge is 0.243 e. The van der Waals surface area contributed by atoms with Crippen LogP contribution in [-0.4, -0.2) is 63.2 Å². The summed E-state index contributed by atoms with van der Waals surface area (Å²) in [6.45, 7) is 4.99. The maximum absolute atomic E-state index is 14.0. The molecule has 4 rings (SSSR count). The van der Waals surface area contributed by atoms with E-state index in [0.29, 0.717) is 41.8 Å². The Hall–Kier alpha value is -3.76. The van der Waals surface area contributed by atoms with E-state index in [1.54, 1.807) is 35.2 Å². The van der Waals surface area contributed by atoms with Crippen molar-refractivity contribution in [3.05, 3.63) is 88.9 Å². The number of anilines is 1. The molecule has 1 aliphatic rings. The van der Waals surface area contributed by atoms with Crippen molar-refractivity contribution in [3.8, 4) is 11.5 Å². The van der Waals surface area contributed by atoms with E-state index in [-0.39, 0.29) is 43.8 Å². The predicted molar refractivity (Wildman–Crippen MR) is 173 cm³/mol. The maximum atomic E-state index is 14.0. The quantitative estimate of drug-likeness (QED) is 0.259. The zero-order valence-corrected chi connectivity index (χ0v) is 26.9. The molecule has 44 heavy (non-hydrogen) atoms. The van der Waals surface area contributed by atoms with Crippen molar-refractivity contribution in [2.24, 2.45) is 0 Å². The Morgan fingerprint density at radius 1 is 0.955 bits per heavy atom. The number of hydrogen-bond donors (Lipinski definition) is 1. The number of hydrogen-bond acceptors (Lipinski definition) is 6. The van der Waals surface area contributed by atoms with Crippen LogP contribution in [-0.2, 0) is 32.6 Å². The molecule has 2 atom stereocenters. The third-order valence-electron chi connectivity index (χ3n) is 7.50. The van der Waals surface area contributed by atoms with Crippen molar-refractivity contribution in [2.75, 3.05) is 30.3 Å². The van der Waals surface area contributed by atoms with Gasteiger partial charge in [0.15, 0.2) is 11.5 Å². The topological polar surface area (TPSA) is 105 Å². The molecule has 0 spiro atoms. The lowest BCUT2D eigenvalue weighted by atomic mass is 10.0. The van der Waals surface area contributed by atoms with E-state index < -0.39 is 16.1 Å². The minimum absolute atomic E-state index is 0.0338. The van der Waals surface area contributed by atoms with Gasteiger partial charge in [0.2, 0.25) is 21.8 Å². The number of benzene rings is 3. The summed E-state index contributed by atoms with van der Waals surface area (Å²) < 4.78 is 38.1. The highest BCUT2D eigenvalue weighted by molar-refractivity contribution is 7.92. The van der Waals surface area contributed by atoms with Gasteiger partial charge in [-0.25, -0.2) is 8.42 Å². The van der Waals surface area contributed by atoms with Crippen LogP contribution in [0, 0.1) is 0 Å². The van der Waals surface area contributed by atoms with Crippen LogP contribution in [0.5, 0.6) is 11.5 Å². The molecule has 9 nitrogen and oxygen atoms in total. The molecule has 1 heterocycles. The molecular weight excluding hydrogens is 602 g/mol. The Labute approximate surface area is 265 Å². The van der Waals surface area contributed by atoms with Crippen LogP contribution in [0.3, 0.4) is 0 Å². The minimum Gasteiger partial charge on any atom is -0.486 e. The maximum Gasteiger partial charge on any atom is 0.243 e. The molecule has 0 aromatic heterocycles. The number of amides is 2. The molecule has 236 valence electrons. The van der Waals surface area contributed by atoms with E-state index >= 15 is 0 Å². The normalized spacial score (nSPS) is 13.9. The number of halogens is 1. The van der Waals surface area contributed by atoms with E-state index in [1.165, 1.54) is 4.31 Å². The first-order valence-electron chi connectivity index (χ1n) is 14.8. The SMILES string of the molecule is CC[C@@H](C)NC(=O)[C@H](Cc1ccccc1)N(Cc1ccc(Cl)cc1)C(=O)CCCN(c1ccc2c(c1)OCCO2)S(C)(=O)=O. The van der Waals surface area contributed by atoms with Gasteiger partial charge >= 0.3 is 0 Å². The van der Waals surface area contributed by atoms with Gasteiger partial charge in [0.1, 0.15) is 19.3 Å². The number of carbonyl (C=O) groups is 2. The Morgan fingerprint density at radius 3 is 2.30 bits per heavy atom. The van der Waals surface area contributed by atoms with Crippen molar-refractivity contribution in [3.63, 3.8) is 0 Å². The summed E-state index contributed by atoms with van der Waals surface area (Å²) in [4.78, 5) is 29.3. The van der Waals surface area contributed by atoms with Gasteiger partial charge < -0.3 is 19.7 Å². The third-order valence-corrected chi connectivity index (χ3v) is 8.95. The molecule has 3 aromatic carbocycles. The summed E-state index contributed by atoms with van der Waals surface area (Å²) in [5.41, 5.74) is 2.18. The van der Waals surface area contributed by atoms with Crippen molar-refractivity contribution in [1.29, 1.82) is 0 Å². The largest absolute Gasteiger partial charge is 0.486 e. The molecule has 3 aromatic rings. The second-order valence-corrected chi connectivity index (χ2v) is 13.3. The van der Waals surface area contributed by atoms with E-state index in [9.17, 15) is 18.0 Å². The first-order valence-corrected chi connectivity index (χ1v) is 17.0. The Bertz CT molecular complexity index is 1520. The van der Waals surface area contributed by atoms with Gasteiger partial charge in [-0.3, -0.25) is 13.9 Å². The zero-order chi connectivity index (χ0) is 31.7. The van der Waals surface area contributed by atoms with Crippen LogP contribution < -0.4 is 19.1 Å². The molecule has 0 bridgehead atoms. The summed E-state index contributed by atoms with van der Waals surface area (Å²) in [5, 5.41) is 3.63. The fraction of sp³-hybridized carbons (Fsp3) is 0.394. The summed E-state index contributed by atoms with van der Waals surface area (Å²) in [6.07, 6.45) is 2.48. The molecule has 1 N–H and O–H groups in total. The molecular formula is C33H40ClN3O6S. The van der Waals surface area contributed by atoms with Crippen LogP contribution in [0.15, 0.2) is 72.8 Å². The van der Waals surface area contributed by atoms with Crippen molar-refractivity contribution in [1.82, 2.24) is 10.2 Å². The second kappa shape index (κ2) is 15.3. The number of nitrogens with zero attached hydrogens (tertiary/aromatic N) is 2. The van der Waals surface area contributed by atoms with Gasteiger partial charge in [0.25, 0.3) is 0 Å². The number of nitrogens with one attached hydrogen (secondary N) is 1. The number of fused-ring (bicyclic) bond motifs is 1. The van der Waals surface area contributed by atoms with Crippen molar-refractivity contribution < 1.29 is 27.5 Å². The molecule has 1 aliphatic heterocycles. The first-order chi connectivity index (χ1) is 21.0. The first kappa shape index (κ1) is 33.1. The highest BCUT2D eigenvalue weighted by Crippen LogP contribution is 2.35. The third kappa shape index (κ3) is 9.12. The van der Waals surface area contributed by atoms with Crippen LogP contribution in [0.1, 0.15) is 44.2 Å². The number of sulfonamides is 1. The van der Waals surface area contributed by atoms with Gasteiger partial charge in [-0.15, -0.1) is 0 Å². The van der Waals surface area contributed by atoms with Crippen LogP contribution in [0.4, 0.5) is 5.69 Å². The van der Waals surface area contributed by atoms with E-state index in [1.807, 2.05) is 56.3 Å². The number of rotatable bonds is 14. The van der Waals surface area contributed by atoms with Crippen molar-refractivity contribution in [2.45, 2.75) is 58.2 Å². The highest BCUT2D eigenvalue weighted by Gasteiger charge is 2.31. The number of ether oxygens (including phenoxy) is 2. The van der Waals surface area contributed by atoms with Crippen LogP contribution >= 0.6 is 11.6 Å². The molecule has 11 heteroatoms. The fourth-order valence-corrected chi connectivity index (χ4v) is 6.06. The molecule has 0 fully saturated rings. The second-order valence-electron chi connectivity index (χ2n) is 10.9. The molecule has 2 amide bonds. The zero-order valence-electron chi connectivity index (χ0n) is 25.4. The standard InChI is InChI=1S/C33H40ClN3O6S/c1-4-24(2)35-33(39)29(21-25-9-6-5-7-10-25)36(23-26-12-14-27(34)15-13-26)32(38)11-8-18-37(44(3,40)41)28-16-17-30-31(22-28)43-20-19-42-30/h5-7,9-10,12-17,22,24,29H,4,8,11,18-21,23H2,1-3H3,(H,35,39)/t24-,29+/m1/s1. The Balaban J connectivity index is 1.58. The van der Waals surface area contributed by atoms with Gasteiger partial charge in [-0.1, -0.05) is 61.0 Å². The summed E-state index contributed by atoms with van der Waals surface area (Å²) in [6, 6.07) is 20.9. The molecule has 0 unspecified atom stereocenters. The van der Waals surface area contributed by atoms with Crippen LogP contribution in [0.2, 0.25) is 5.02 Å². The fourth-order valence-electron chi connectivity index (χ4n) is 4.97. The lowest BCUT2D eigenvalue weighted by Crippen LogP contribution is -2.52. The Morgan fingerprint density at radius 2 is 1.64 bits per heavy atom. The summed E-state index contributed by atoms with van der Waals surface area (Å²) in [7, 11) is -3.67. The Kier molecular flexibility index (Phi) is 11.5. The lowest BCUT2D eigenvalue weighted by Gasteiger charge is -2.33. The van der Waals surface area contributed by atoms with E-state index in [4.69, 9.17) is 21.1 Å². The molecule has 0 aliphatic carbocycles. The lowest BCUT2D eigenvalue weighted by molar-refractivity contribution is -0.141. The van der Waals surface area contributed by atoms with Crippen molar-refractivity contribution >= 4 is 39.1 Å².